The van der Waals surface area contributed by atoms with E-state index >= 15 is 0 Å². The number of rotatable bonds is 2. The van der Waals surface area contributed by atoms with Crippen molar-refractivity contribution in [2.24, 2.45) is 0 Å². The highest BCUT2D eigenvalue weighted by atomic mass is 19.4. The molecule has 1 heterocycles. The van der Waals surface area contributed by atoms with Gasteiger partial charge in [-0.05, 0) is 6.07 Å². The molecule has 0 aliphatic heterocycles. The highest BCUT2D eigenvalue weighted by Crippen LogP contribution is 2.28. The first-order valence-corrected chi connectivity index (χ1v) is 3.67. The van der Waals surface area contributed by atoms with Crippen molar-refractivity contribution in [3.8, 4) is 12.3 Å². The summed E-state index contributed by atoms with van der Waals surface area (Å²) in [6, 6.07) is 0.775. The summed E-state index contributed by atoms with van der Waals surface area (Å²) in [6.45, 7) is -0.614. The average molecular weight is 204 g/mol. The lowest BCUT2D eigenvalue weighted by Gasteiger charge is -2.00. The van der Waals surface area contributed by atoms with E-state index < -0.39 is 18.5 Å². The summed E-state index contributed by atoms with van der Waals surface area (Å²) in [5.74, 6) is 2.15. The molecule has 14 heavy (non-hydrogen) atoms. The molecule has 0 amide bonds. The smallest absolute Gasteiger partial charge is 0.390 e. The molecule has 0 atom stereocenters. The van der Waals surface area contributed by atoms with Gasteiger partial charge in [-0.15, -0.1) is 6.42 Å². The maximum atomic E-state index is 12.1. The zero-order valence-corrected chi connectivity index (χ0v) is 7.04. The molecule has 0 aromatic carbocycles. The zero-order valence-electron chi connectivity index (χ0n) is 7.04. The normalized spacial score (nSPS) is 11.4. The average Bonchev–Trinajstić information content (AvgIpc) is 2.47. The van der Waals surface area contributed by atoms with E-state index in [2.05, 4.69) is 11.0 Å². The minimum atomic E-state index is -4.51. The Labute approximate surface area is 78.2 Å². The predicted octanol–water partition coefficient (Wildman–Crippen LogP) is 1.03. The van der Waals surface area contributed by atoms with Crippen molar-refractivity contribution in [2.75, 3.05) is 0 Å². The molecule has 0 unspecified atom stereocenters. The molecule has 1 rings (SSSR count). The lowest BCUT2D eigenvalue weighted by Crippen LogP contribution is -2.08. The Morgan fingerprint density at radius 3 is 2.64 bits per heavy atom. The summed E-state index contributed by atoms with van der Waals surface area (Å²) in [5, 5.41) is 12.0. The molecule has 0 aliphatic carbocycles. The standard InChI is InChI=1S/C8H7F3N2O/c1-2-3-13-6(5-14)4-7(12-13)8(9,10)11/h1,4,14H,3,5H2. The van der Waals surface area contributed by atoms with Gasteiger partial charge in [0.25, 0.3) is 0 Å². The Balaban J connectivity index is 3.08. The van der Waals surface area contributed by atoms with Crippen LogP contribution in [0.15, 0.2) is 6.07 Å². The van der Waals surface area contributed by atoms with Crippen molar-refractivity contribution < 1.29 is 18.3 Å². The van der Waals surface area contributed by atoms with E-state index in [-0.39, 0.29) is 12.2 Å². The Morgan fingerprint density at radius 1 is 1.57 bits per heavy atom. The fourth-order valence-corrected chi connectivity index (χ4v) is 0.945. The van der Waals surface area contributed by atoms with Gasteiger partial charge in [0.2, 0.25) is 0 Å². The van der Waals surface area contributed by atoms with Gasteiger partial charge < -0.3 is 5.11 Å². The fraction of sp³-hybridized carbons (Fsp3) is 0.375. The van der Waals surface area contributed by atoms with Gasteiger partial charge in [-0.2, -0.15) is 18.3 Å². The second-order valence-corrected chi connectivity index (χ2v) is 2.54. The molecule has 0 fully saturated rings. The topological polar surface area (TPSA) is 38.0 Å². The Morgan fingerprint density at radius 2 is 2.21 bits per heavy atom. The second kappa shape index (κ2) is 3.72. The molecular formula is C8H7F3N2O. The van der Waals surface area contributed by atoms with Crippen LogP contribution in [0.4, 0.5) is 13.2 Å². The van der Waals surface area contributed by atoms with E-state index in [0.717, 1.165) is 10.7 Å². The number of aliphatic hydroxyl groups is 1. The third kappa shape index (κ3) is 2.06. The summed E-state index contributed by atoms with van der Waals surface area (Å²) < 4.78 is 37.4. The maximum absolute atomic E-state index is 12.1. The van der Waals surface area contributed by atoms with Crippen molar-refractivity contribution in [1.82, 2.24) is 9.78 Å². The van der Waals surface area contributed by atoms with Crippen LogP contribution in [0, 0.1) is 12.3 Å². The summed E-state index contributed by atoms with van der Waals surface area (Å²) in [7, 11) is 0. The van der Waals surface area contributed by atoms with Gasteiger partial charge in [-0.1, -0.05) is 5.92 Å². The molecule has 0 bridgehead atoms. The first kappa shape index (κ1) is 10.6. The summed E-state index contributed by atoms with van der Waals surface area (Å²) in [6.07, 6.45) is 0.419. The lowest BCUT2D eigenvalue weighted by molar-refractivity contribution is -0.141. The molecule has 0 saturated carbocycles. The van der Waals surface area contributed by atoms with E-state index in [1.165, 1.54) is 0 Å². The minimum Gasteiger partial charge on any atom is -0.390 e. The van der Waals surface area contributed by atoms with Crippen LogP contribution in [0.2, 0.25) is 0 Å². The number of hydrogen-bond donors (Lipinski definition) is 1. The highest BCUT2D eigenvalue weighted by Gasteiger charge is 2.34. The number of hydrogen-bond acceptors (Lipinski definition) is 2. The molecule has 1 N–H and O–H groups in total. The van der Waals surface area contributed by atoms with E-state index in [1.54, 1.807) is 0 Å². The molecule has 0 aliphatic rings. The molecule has 76 valence electrons. The van der Waals surface area contributed by atoms with Gasteiger partial charge >= 0.3 is 6.18 Å². The monoisotopic (exact) mass is 204 g/mol. The van der Waals surface area contributed by atoms with Gasteiger partial charge in [0.05, 0.1) is 12.3 Å². The summed E-state index contributed by atoms with van der Waals surface area (Å²) in [4.78, 5) is 0. The maximum Gasteiger partial charge on any atom is 0.435 e. The van der Waals surface area contributed by atoms with Gasteiger partial charge in [-0.25, -0.2) is 0 Å². The van der Waals surface area contributed by atoms with Gasteiger partial charge in [0, 0.05) is 0 Å². The molecule has 1 aromatic rings. The van der Waals surface area contributed by atoms with E-state index in [9.17, 15) is 13.2 Å². The SMILES string of the molecule is C#CCn1nc(C(F)(F)F)cc1CO. The first-order valence-electron chi connectivity index (χ1n) is 3.67. The van der Waals surface area contributed by atoms with Gasteiger partial charge in [0.1, 0.15) is 6.54 Å². The van der Waals surface area contributed by atoms with Crippen LogP contribution >= 0.6 is 0 Å². The van der Waals surface area contributed by atoms with E-state index in [0.29, 0.717) is 0 Å². The van der Waals surface area contributed by atoms with Crippen LogP contribution < -0.4 is 0 Å². The fourth-order valence-electron chi connectivity index (χ4n) is 0.945. The largest absolute Gasteiger partial charge is 0.435 e. The number of alkyl halides is 3. The number of nitrogens with zero attached hydrogens (tertiary/aromatic N) is 2. The van der Waals surface area contributed by atoms with Gasteiger partial charge in [-0.3, -0.25) is 4.68 Å². The Hall–Kier alpha value is -1.48. The lowest BCUT2D eigenvalue weighted by atomic mass is 10.3. The van der Waals surface area contributed by atoms with Crippen LogP contribution in [0.3, 0.4) is 0 Å². The third-order valence-corrected chi connectivity index (χ3v) is 1.56. The third-order valence-electron chi connectivity index (χ3n) is 1.56. The second-order valence-electron chi connectivity index (χ2n) is 2.54. The van der Waals surface area contributed by atoms with Crippen LogP contribution in [0.25, 0.3) is 0 Å². The molecule has 1 aromatic heterocycles. The molecule has 6 heteroatoms. The van der Waals surface area contributed by atoms with Crippen LogP contribution in [0.1, 0.15) is 11.4 Å². The van der Waals surface area contributed by atoms with Crippen LogP contribution in [0.5, 0.6) is 0 Å². The molecule has 0 radical (unpaired) electrons. The predicted molar refractivity (Wildman–Crippen MR) is 42.0 cm³/mol. The first-order chi connectivity index (χ1) is 6.49. The zero-order chi connectivity index (χ0) is 10.8. The van der Waals surface area contributed by atoms with Crippen molar-refractivity contribution in [3.05, 3.63) is 17.5 Å². The Kier molecular flexibility index (Phi) is 2.81. The molecule has 3 nitrogen and oxygen atoms in total. The van der Waals surface area contributed by atoms with Crippen LogP contribution in [-0.2, 0) is 19.3 Å². The quantitative estimate of drug-likeness (QED) is 0.730. The molecule has 0 spiro atoms. The van der Waals surface area contributed by atoms with Crippen molar-refractivity contribution in [2.45, 2.75) is 19.3 Å². The molecule has 0 saturated heterocycles. The number of terminal acetylenes is 1. The van der Waals surface area contributed by atoms with Crippen molar-refractivity contribution in [3.63, 3.8) is 0 Å². The number of halogens is 3. The van der Waals surface area contributed by atoms with Crippen LogP contribution in [-0.4, -0.2) is 14.9 Å². The number of aliphatic hydroxyl groups excluding tert-OH is 1. The van der Waals surface area contributed by atoms with E-state index in [1.807, 2.05) is 0 Å². The van der Waals surface area contributed by atoms with E-state index in [4.69, 9.17) is 11.5 Å². The minimum absolute atomic E-state index is 0.0512. The number of aromatic nitrogens is 2. The molecular weight excluding hydrogens is 197 g/mol. The van der Waals surface area contributed by atoms with Crippen molar-refractivity contribution in [1.29, 1.82) is 0 Å². The van der Waals surface area contributed by atoms with Gasteiger partial charge in [0.15, 0.2) is 5.69 Å². The summed E-state index contributed by atoms with van der Waals surface area (Å²) >= 11 is 0. The highest BCUT2D eigenvalue weighted by molar-refractivity contribution is 5.13. The Bertz CT molecular complexity index is 362. The van der Waals surface area contributed by atoms with Crippen molar-refractivity contribution >= 4 is 0 Å². The summed E-state index contributed by atoms with van der Waals surface area (Å²) in [5.41, 5.74) is -0.993.